The van der Waals surface area contributed by atoms with E-state index in [9.17, 15) is 43.2 Å². The summed E-state index contributed by atoms with van der Waals surface area (Å²) in [5.41, 5.74) is 0. The summed E-state index contributed by atoms with van der Waals surface area (Å²) in [6.45, 7) is 12.0. The van der Waals surface area contributed by atoms with Crippen LogP contribution in [0.25, 0.3) is 0 Å². The summed E-state index contributed by atoms with van der Waals surface area (Å²) >= 11 is 0. The second-order valence-electron chi connectivity index (χ2n) is 29.1. The minimum atomic E-state index is -4.96. The molecule has 0 aromatic rings. The number of carbonyl (C=O) groups excluding carboxylic acids is 4. The fourth-order valence-corrected chi connectivity index (χ4v) is 13.5. The Morgan fingerprint density at radius 1 is 0.299 bits per heavy atom. The van der Waals surface area contributed by atoms with Gasteiger partial charge in [-0.25, -0.2) is 9.13 Å². The molecule has 0 radical (unpaired) electrons. The van der Waals surface area contributed by atoms with Crippen LogP contribution in [0.3, 0.4) is 0 Å². The molecule has 4 unspecified atom stereocenters. The largest absolute Gasteiger partial charge is 0.472 e. The molecule has 0 aliphatic heterocycles. The van der Waals surface area contributed by atoms with Crippen LogP contribution in [0.1, 0.15) is 402 Å². The van der Waals surface area contributed by atoms with Crippen LogP contribution in [0.4, 0.5) is 0 Å². The van der Waals surface area contributed by atoms with Crippen molar-refractivity contribution in [2.45, 2.75) is 420 Å². The van der Waals surface area contributed by atoms with Crippen molar-refractivity contribution in [3.05, 3.63) is 0 Å². The zero-order valence-corrected chi connectivity index (χ0v) is 65.3. The van der Waals surface area contributed by atoms with Crippen molar-refractivity contribution >= 4 is 39.5 Å². The van der Waals surface area contributed by atoms with Gasteiger partial charge >= 0.3 is 39.5 Å². The molecule has 0 rings (SSSR count). The summed E-state index contributed by atoms with van der Waals surface area (Å²) < 4.78 is 68.5. The lowest BCUT2D eigenvalue weighted by Gasteiger charge is -2.21. The first-order valence-corrected chi connectivity index (χ1v) is 43.4. The molecule has 17 nitrogen and oxygen atoms in total. The van der Waals surface area contributed by atoms with Gasteiger partial charge in [-0.1, -0.05) is 350 Å². The molecular formula is C78H152O17P2. The molecule has 19 heteroatoms. The highest BCUT2D eigenvalue weighted by atomic mass is 31.2. The van der Waals surface area contributed by atoms with Crippen LogP contribution in [-0.4, -0.2) is 96.7 Å². The van der Waals surface area contributed by atoms with Crippen molar-refractivity contribution < 1.29 is 80.2 Å². The standard InChI is InChI=1S/C78H152O17P2/c1-8-11-12-13-14-38-45-52-59-75(80)88-65-73(95-78(83)62-55-48-41-34-33-37-44-51-58-71(7)10-3)67-92-96(84,85)90-63-72(79)64-91-97(86,87)93-68-74(66-89-76(81)60-53-46-39-31-27-24-23-25-29-35-42-49-56-69(4)5)94-77(82)61-54-47-40-32-28-22-20-18-16-15-17-19-21-26-30-36-43-50-57-70(6)9-2/h69-74,79H,8-68H2,1-7H3,(H,84,85)(H,86,87)/t70?,71?,72-,73+,74+/m0/s1. The van der Waals surface area contributed by atoms with Crippen LogP contribution >= 0.6 is 15.6 Å². The highest BCUT2D eigenvalue weighted by molar-refractivity contribution is 7.47. The van der Waals surface area contributed by atoms with Gasteiger partial charge in [0.1, 0.15) is 19.3 Å². The van der Waals surface area contributed by atoms with E-state index in [1.807, 2.05) is 0 Å². The third-order valence-corrected chi connectivity index (χ3v) is 20.8. The van der Waals surface area contributed by atoms with Gasteiger partial charge in [0.2, 0.25) is 0 Å². The quantitative estimate of drug-likeness (QED) is 0.0222. The van der Waals surface area contributed by atoms with Gasteiger partial charge in [-0.3, -0.25) is 37.3 Å². The SMILES string of the molecule is CCCCCCCCCCC(=O)OC[C@H](COP(=O)(O)OC[C@H](O)COP(=O)(O)OC[C@@H](COC(=O)CCCCCCCCCCCCCCC(C)C)OC(=O)CCCCCCCCCCCCCCCCCCCCC(C)CC)OC(=O)CCCCCCCCCCC(C)CC. The number of ether oxygens (including phenoxy) is 4. The molecule has 0 spiro atoms. The lowest BCUT2D eigenvalue weighted by atomic mass is 9.99. The van der Waals surface area contributed by atoms with Gasteiger partial charge in [0.15, 0.2) is 12.2 Å². The molecule has 0 saturated carbocycles. The van der Waals surface area contributed by atoms with E-state index < -0.39 is 97.5 Å². The fraction of sp³-hybridized carbons (Fsp3) is 0.949. The normalized spacial score (nSPS) is 14.6. The summed E-state index contributed by atoms with van der Waals surface area (Å²) in [6, 6.07) is 0. The molecule has 0 aromatic heterocycles. The second kappa shape index (κ2) is 68.5. The Bertz CT molecular complexity index is 1890. The lowest BCUT2D eigenvalue weighted by Crippen LogP contribution is -2.30. The maximum Gasteiger partial charge on any atom is 0.472 e. The maximum atomic E-state index is 13.1. The zero-order valence-electron chi connectivity index (χ0n) is 63.5. The molecule has 0 heterocycles. The Hall–Kier alpha value is -1.94. The van der Waals surface area contributed by atoms with Gasteiger partial charge in [-0.15, -0.1) is 0 Å². The molecular weight excluding hydrogens is 1270 g/mol. The third kappa shape index (κ3) is 69.5. The Balaban J connectivity index is 5.18. The first-order chi connectivity index (χ1) is 46.8. The summed E-state index contributed by atoms with van der Waals surface area (Å²) in [6.07, 6.45) is 55.5. The van der Waals surface area contributed by atoms with E-state index in [1.165, 1.54) is 205 Å². The van der Waals surface area contributed by atoms with E-state index in [0.29, 0.717) is 25.7 Å². The van der Waals surface area contributed by atoms with Crippen LogP contribution in [-0.2, 0) is 65.4 Å². The van der Waals surface area contributed by atoms with Gasteiger partial charge in [0.05, 0.1) is 26.4 Å². The van der Waals surface area contributed by atoms with Crippen LogP contribution in [0, 0.1) is 17.8 Å². The van der Waals surface area contributed by atoms with E-state index >= 15 is 0 Å². The molecule has 0 saturated heterocycles. The summed E-state index contributed by atoms with van der Waals surface area (Å²) in [4.78, 5) is 72.8. The second-order valence-corrected chi connectivity index (χ2v) is 32.0. The summed E-state index contributed by atoms with van der Waals surface area (Å²) in [7, 11) is -9.91. The van der Waals surface area contributed by atoms with Crippen molar-refractivity contribution in [1.29, 1.82) is 0 Å². The fourth-order valence-electron chi connectivity index (χ4n) is 11.9. The molecule has 0 aromatic carbocycles. The number of phosphoric ester groups is 2. The number of hydrogen-bond acceptors (Lipinski definition) is 15. The maximum absolute atomic E-state index is 13.1. The molecule has 0 aliphatic rings. The van der Waals surface area contributed by atoms with E-state index in [2.05, 4.69) is 48.5 Å². The Morgan fingerprint density at radius 3 is 0.784 bits per heavy atom. The molecule has 0 bridgehead atoms. The van der Waals surface area contributed by atoms with Crippen molar-refractivity contribution in [2.75, 3.05) is 39.6 Å². The predicted molar refractivity (Wildman–Crippen MR) is 395 cm³/mol. The first-order valence-electron chi connectivity index (χ1n) is 40.4. The first kappa shape index (κ1) is 95.1. The van der Waals surface area contributed by atoms with Gasteiger partial charge in [-0.2, -0.15) is 0 Å². The van der Waals surface area contributed by atoms with E-state index in [4.69, 9.17) is 37.0 Å². The van der Waals surface area contributed by atoms with Gasteiger partial charge in [-0.05, 0) is 43.4 Å². The van der Waals surface area contributed by atoms with E-state index in [-0.39, 0.29) is 25.7 Å². The minimum Gasteiger partial charge on any atom is -0.462 e. The monoisotopic (exact) mass is 1420 g/mol. The molecule has 0 amide bonds. The number of phosphoric acid groups is 2. The highest BCUT2D eigenvalue weighted by Crippen LogP contribution is 2.45. The molecule has 0 fully saturated rings. The Kier molecular flexibility index (Phi) is 67.1. The van der Waals surface area contributed by atoms with Crippen LogP contribution < -0.4 is 0 Å². The zero-order chi connectivity index (χ0) is 71.6. The van der Waals surface area contributed by atoms with Crippen LogP contribution in [0.15, 0.2) is 0 Å². The number of esters is 4. The molecule has 97 heavy (non-hydrogen) atoms. The van der Waals surface area contributed by atoms with Gasteiger partial charge < -0.3 is 33.8 Å². The average Bonchev–Trinajstić information content (AvgIpc) is 1.09. The van der Waals surface area contributed by atoms with Gasteiger partial charge in [0, 0.05) is 25.7 Å². The number of hydrogen-bond donors (Lipinski definition) is 3. The van der Waals surface area contributed by atoms with Gasteiger partial charge in [0.25, 0.3) is 0 Å². The van der Waals surface area contributed by atoms with E-state index in [0.717, 1.165) is 114 Å². The highest BCUT2D eigenvalue weighted by Gasteiger charge is 2.30. The minimum absolute atomic E-state index is 0.105. The number of aliphatic hydroxyl groups is 1. The van der Waals surface area contributed by atoms with Crippen molar-refractivity contribution in [2.24, 2.45) is 17.8 Å². The molecule has 0 aliphatic carbocycles. The lowest BCUT2D eigenvalue weighted by molar-refractivity contribution is -0.161. The topological polar surface area (TPSA) is 237 Å². The summed E-state index contributed by atoms with van der Waals surface area (Å²) in [5, 5.41) is 10.6. The molecule has 7 atom stereocenters. The number of aliphatic hydroxyl groups excluding tert-OH is 1. The summed E-state index contributed by atoms with van der Waals surface area (Å²) in [5.74, 6) is 0.303. The van der Waals surface area contributed by atoms with Crippen LogP contribution in [0.5, 0.6) is 0 Å². The van der Waals surface area contributed by atoms with E-state index in [1.54, 1.807) is 0 Å². The molecule has 576 valence electrons. The molecule has 3 N–H and O–H groups in total. The third-order valence-electron chi connectivity index (χ3n) is 18.9. The Morgan fingerprint density at radius 2 is 0.526 bits per heavy atom. The number of unbranched alkanes of at least 4 members (excludes halogenated alkanes) is 42. The Labute approximate surface area is 594 Å². The number of carbonyl (C=O) groups is 4. The van der Waals surface area contributed by atoms with Crippen molar-refractivity contribution in [1.82, 2.24) is 0 Å². The van der Waals surface area contributed by atoms with Crippen molar-refractivity contribution in [3.8, 4) is 0 Å². The smallest absolute Gasteiger partial charge is 0.462 e. The van der Waals surface area contributed by atoms with Crippen LogP contribution in [0.2, 0.25) is 0 Å². The number of rotatable bonds is 76. The average molecular weight is 1420 g/mol. The van der Waals surface area contributed by atoms with Crippen molar-refractivity contribution in [3.63, 3.8) is 0 Å². The predicted octanol–water partition coefficient (Wildman–Crippen LogP) is 23.0.